The number of nitrogens with zero attached hydrogens (tertiary/aromatic N) is 1. The van der Waals surface area contributed by atoms with Gasteiger partial charge in [0.25, 0.3) is 0 Å². The predicted molar refractivity (Wildman–Crippen MR) is 44.6 cm³/mol. The van der Waals surface area contributed by atoms with Gasteiger partial charge < -0.3 is 10.0 Å². The average molecular weight is 159 g/mol. The summed E-state index contributed by atoms with van der Waals surface area (Å²) in [6.07, 6.45) is 0. The van der Waals surface area contributed by atoms with Crippen molar-refractivity contribution in [1.82, 2.24) is 4.90 Å². The third-order valence-electron chi connectivity index (χ3n) is 1.80. The molecule has 0 unspecified atom stereocenters. The van der Waals surface area contributed by atoms with Crippen molar-refractivity contribution in [2.45, 2.75) is 13.8 Å². The first kappa shape index (κ1) is 7.95. The summed E-state index contributed by atoms with van der Waals surface area (Å²) in [5.74, 6) is 1.01. The lowest BCUT2D eigenvalue weighted by Crippen LogP contribution is -2.16. The minimum absolute atomic E-state index is 0.201. The monoisotopic (exact) mass is 159 g/mol. The van der Waals surface area contributed by atoms with Crippen LogP contribution in [0.3, 0.4) is 0 Å². The molecule has 0 fully saturated rings. The van der Waals surface area contributed by atoms with Gasteiger partial charge in [0.05, 0.1) is 12.5 Å². The maximum absolute atomic E-state index is 8.84. The number of hydrogen-bond acceptors (Lipinski definition) is 3. The number of rotatable bonds is 2. The summed E-state index contributed by atoms with van der Waals surface area (Å²) in [6.45, 7) is 5.44. The highest BCUT2D eigenvalue weighted by Gasteiger charge is 2.16. The van der Waals surface area contributed by atoms with Crippen molar-refractivity contribution in [3.63, 3.8) is 0 Å². The van der Waals surface area contributed by atoms with E-state index in [0.29, 0.717) is 0 Å². The van der Waals surface area contributed by atoms with E-state index in [2.05, 4.69) is 18.7 Å². The lowest BCUT2D eigenvalue weighted by Gasteiger charge is -2.15. The lowest BCUT2D eigenvalue weighted by molar-refractivity contribution is 0.334. The summed E-state index contributed by atoms with van der Waals surface area (Å²) >= 11 is 1.74. The highest BCUT2D eigenvalue weighted by atomic mass is 32.2. The smallest absolute Gasteiger partial charge is 0.0758 e. The van der Waals surface area contributed by atoms with E-state index in [0.717, 1.165) is 17.3 Å². The Labute approximate surface area is 65.9 Å². The first-order valence-electron chi connectivity index (χ1n) is 3.48. The third kappa shape index (κ3) is 1.30. The molecular formula is C7H13NOS. The van der Waals surface area contributed by atoms with Crippen molar-refractivity contribution in [3.05, 3.63) is 10.6 Å². The second-order valence-electron chi connectivity index (χ2n) is 2.30. The zero-order valence-corrected chi connectivity index (χ0v) is 7.24. The van der Waals surface area contributed by atoms with Gasteiger partial charge in [-0.2, -0.15) is 0 Å². The highest BCUT2D eigenvalue weighted by molar-refractivity contribution is 8.03. The molecule has 0 aromatic rings. The average Bonchev–Trinajstić information content (AvgIpc) is 2.30. The van der Waals surface area contributed by atoms with Gasteiger partial charge in [-0.3, -0.25) is 0 Å². The molecular weight excluding hydrogens is 146 g/mol. The quantitative estimate of drug-likeness (QED) is 0.655. The van der Waals surface area contributed by atoms with Crippen molar-refractivity contribution >= 4 is 11.8 Å². The molecule has 0 bridgehead atoms. The van der Waals surface area contributed by atoms with Crippen molar-refractivity contribution in [3.8, 4) is 0 Å². The Morgan fingerprint density at radius 2 is 2.40 bits per heavy atom. The Bertz CT molecular complexity index is 156. The van der Waals surface area contributed by atoms with E-state index in [-0.39, 0.29) is 6.61 Å². The maximum atomic E-state index is 8.84. The molecule has 1 heterocycles. The Hall–Kier alpha value is -0.150. The molecule has 2 nitrogen and oxygen atoms in total. The molecule has 1 aliphatic heterocycles. The van der Waals surface area contributed by atoms with Crippen LogP contribution in [0, 0.1) is 0 Å². The standard InChI is InChI=1S/C7H13NOS/c1-3-8-5-10-7(4-9)6(8)2/h9H,3-5H2,1-2H3. The van der Waals surface area contributed by atoms with Crippen LogP contribution in [0.15, 0.2) is 10.6 Å². The van der Waals surface area contributed by atoms with Crippen molar-refractivity contribution in [1.29, 1.82) is 0 Å². The summed E-state index contributed by atoms with van der Waals surface area (Å²) in [7, 11) is 0. The Balaban J connectivity index is 2.63. The van der Waals surface area contributed by atoms with Crippen molar-refractivity contribution in [2.75, 3.05) is 19.0 Å². The van der Waals surface area contributed by atoms with Gasteiger partial charge in [0.1, 0.15) is 0 Å². The molecule has 58 valence electrons. The first-order chi connectivity index (χ1) is 4.79. The molecule has 1 rings (SSSR count). The zero-order chi connectivity index (χ0) is 7.56. The lowest BCUT2D eigenvalue weighted by atomic mass is 10.4. The van der Waals surface area contributed by atoms with Crippen LogP contribution in [0.2, 0.25) is 0 Å². The first-order valence-corrected chi connectivity index (χ1v) is 4.46. The molecule has 3 heteroatoms. The van der Waals surface area contributed by atoms with E-state index >= 15 is 0 Å². The van der Waals surface area contributed by atoms with Crippen LogP contribution >= 0.6 is 11.8 Å². The van der Waals surface area contributed by atoms with Crippen LogP contribution < -0.4 is 0 Å². The molecule has 0 aromatic carbocycles. The van der Waals surface area contributed by atoms with Gasteiger partial charge in [-0.15, -0.1) is 11.8 Å². The van der Waals surface area contributed by atoms with Gasteiger partial charge >= 0.3 is 0 Å². The van der Waals surface area contributed by atoms with Crippen molar-refractivity contribution < 1.29 is 5.11 Å². The van der Waals surface area contributed by atoms with E-state index in [1.807, 2.05) is 0 Å². The zero-order valence-electron chi connectivity index (χ0n) is 6.42. The van der Waals surface area contributed by atoms with Crippen LogP contribution in [0.4, 0.5) is 0 Å². The number of aliphatic hydroxyl groups excluding tert-OH is 1. The summed E-state index contributed by atoms with van der Waals surface area (Å²) in [6, 6.07) is 0. The maximum Gasteiger partial charge on any atom is 0.0758 e. The van der Waals surface area contributed by atoms with E-state index in [9.17, 15) is 0 Å². The van der Waals surface area contributed by atoms with Gasteiger partial charge in [0.15, 0.2) is 0 Å². The van der Waals surface area contributed by atoms with Crippen LogP contribution in [-0.4, -0.2) is 29.0 Å². The van der Waals surface area contributed by atoms with Crippen LogP contribution in [-0.2, 0) is 0 Å². The van der Waals surface area contributed by atoms with E-state index in [1.54, 1.807) is 11.8 Å². The minimum Gasteiger partial charge on any atom is -0.391 e. The summed E-state index contributed by atoms with van der Waals surface area (Å²) in [4.78, 5) is 3.39. The third-order valence-corrected chi connectivity index (χ3v) is 3.01. The van der Waals surface area contributed by atoms with Gasteiger partial charge in [-0.05, 0) is 13.8 Å². The largest absolute Gasteiger partial charge is 0.391 e. The van der Waals surface area contributed by atoms with E-state index < -0.39 is 0 Å². The molecule has 0 saturated carbocycles. The van der Waals surface area contributed by atoms with Gasteiger partial charge in [-0.1, -0.05) is 0 Å². The van der Waals surface area contributed by atoms with E-state index in [4.69, 9.17) is 5.11 Å². The Kier molecular flexibility index (Phi) is 2.63. The molecule has 1 N–H and O–H groups in total. The fraction of sp³-hybridized carbons (Fsp3) is 0.714. The predicted octanol–water partition coefficient (Wildman–Crippen LogP) is 1.24. The van der Waals surface area contributed by atoms with Crippen LogP contribution in [0.1, 0.15) is 13.8 Å². The second-order valence-corrected chi connectivity index (χ2v) is 3.34. The minimum atomic E-state index is 0.201. The molecule has 0 atom stereocenters. The number of thioether (sulfide) groups is 1. The van der Waals surface area contributed by atoms with Gasteiger partial charge in [-0.25, -0.2) is 0 Å². The SMILES string of the molecule is CCN1CSC(CO)=C1C. The summed E-state index contributed by atoms with van der Waals surface area (Å²) in [5.41, 5.74) is 1.25. The second kappa shape index (κ2) is 3.30. The highest BCUT2D eigenvalue weighted by Crippen LogP contribution is 2.30. The summed E-state index contributed by atoms with van der Waals surface area (Å²) in [5, 5.41) is 8.84. The Morgan fingerprint density at radius 1 is 1.70 bits per heavy atom. The number of allylic oxidation sites excluding steroid dienone is 1. The molecule has 0 spiro atoms. The number of aliphatic hydroxyl groups is 1. The molecule has 1 aliphatic rings. The number of hydrogen-bond donors (Lipinski definition) is 1. The fourth-order valence-corrected chi connectivity index (χ4v) is 2.14. The van der Waals surface area contributed by atoms with Crippen LogP contribution in [0.5, 0.6) is 0 Å². The van der Waals surface area contributed by atoms with Gasteiger partial charge in [0.2, 0.25) is 0 Å². The normalized spacial score (nSPS) is 18.9. The molecule has 0 aliphatic carbocycles. The fourth-order valence-electron chi connectivity index (χ4n) is 1.02. The Morgan fingerprint density at radius 3 is 2.70 bits per heavy atom. The molecule has 0 radical (unpaired) electrons. The molecule has 0 amide bonds. The van der Waals surface area contributed by atoms with Crippen molar-refractivity contribution in [2.24, 2.45) is 0 Å². The molecule has 0 saturated heterocycles. The van der Waals surface area contributed by atoms with Gasteiger partial charge in [0, 0.05) is 17.1 Å². The van der Waals surface area contributed by atoms with E-state index in [1.165, 1.54) is 5.70 Å². The van der Waals surface area contributed by atoms with Crippen LogP contribution in [0.25, 0.3) is 0 Å². The topological polar surface area (TPSA) is 23.5 Å². The molecule has 0 aromatic heterocycles. The molecule has 10 heavy (non-hydrogen) atoms. The summed E-state index contributed by atoms with van der Waals surface area (Å²) < 4.78 is 0.